The molecule has 0 aliphatic carbocycles. The number of rotatable bonds is 5. The Hall–Kier alpha value is -1.80. The van der Waals surface area contributed by atoms with Gasteiger partial charge in [-0.25, -0.2) is 0 Å². The fourth-order valence-corrected chi connectivity index (χ4v) is 2.39. The molecule has 1 atom stereocenters. The van der Waals surface area contributed by atoms with Crippen LogP contribution in [0.15, 0.2) is 42.5 Å². The average Bonchev–Trinajstić information content (AvgIpc) is 2.46. The molecule has 0 heterocycles. The fourth-order valence-electron chi connectivity index (χ4n) is 2.39. The minimum atomic E-state index is 0.107. The first kappa shape index (κ1) is 14.6. The van der Waals surface area contributed by atoms with Crippen LogP contribution in [0.4, 0.5) is 0 Å². The Morgan fingerprint density at radius 3 is 2.20 bits per heavy atom. The van der Waals surface area contributed by atoms with Crippen molar-refractivity contribution >= 4 is 0 Å². The summed E-state index contributed by atoms with van der Waals surface area (Å²) in [4.78, 5) is 0. The van der Waals surface area contributed by atoms with Crippen molar-refractivity contribution in [2.75, 3.05) is 0 Å². The normalized spacial score (nSPS) is 12.2. The van der Waals surface area contributed by atoms with E-state index in [0.717, 1.165) is 23.3 Å². The van der Waals surface area contributed by atoms with E-state index >= 15 is 0 Å². The lowest BCUT2D eigenvalue weighted by atomic mass is 9.99. The van der Waals surface area contributed by atoms with Crippen molar-refractivity contribution in [3.8, 4) is 5.75 Å². The minimum absolute atomic E-state index is 0.107. The molecule has 0 radical (unpaired) electrons. The second-order valence-corrected chi connectivity index (χ2v) is 5.27. The quantitative estimate of drug-likeness (QED) is 0.878. The van der Waals surface area contributed by atoms with Crippen LogP contribution in [0, 0.1) is 13.8 Å². The van der Waals surface area contributed by atoms with Crippen molar-refractivity contribution in [2.24, 2.45) is 5.73 Å². The third kappa shape index (κ3) is 3.40. The Balaban J connectivity index is 2.16. The summed E-state index contributed by atoms with van der Waals surface area (Å²) in [5.41, 5.74) is 10.8. The van der Waals surface area contributed by atoms with E-state index in [-0.39, 0.29) is 6.04 Å². The predicted octanol–water partition coefficient (Wildman–Crippen LogP) is 4.29. The Bertz CT molecular complexity index is 540. The molecule has 0 fully saturated rings. The van der Waals surface area contributed by atoms with Gasteiger partial charge in [0.25, 0.3) is 0 Å². The second-order valence-electron chi connectivity index (χ2n) is 5.27. The van der Waals surface area contributed by atoms with Crippen LogP contribution in [0.1, 0.15) is 41.6 Å². The fraction of sp³-hybridized carbons (Fsp3) is 0.333. The van der Waals surface area contributed by atoms with Gasteiger partial charge < -0.3 is 10.5 Å². The summed E-state index contributed by atoms with van der Waals surface area (Å²) >= 11 is 0. The van der Waals surface area contributed by atoms with Gasteiger partial charge in [0, 0.05) is 6.04 Å². The maximum atomic E-state index is 6.11. The molecule has 106 valence electrons. The highest BCUT2D eigenvalue weighted by Crippen LogP contribution is 2.28. The van der Waals surface area contributed by atoms with E-state index in [0.29, 0.717) is 6.61 Å². The highest BCUT2D eigenvalue weighted by atomic mass is 16.5. The first-order valence-corrected chi connectivity index (χ1v) is 7.15. The molecular weight excluding hydrogens is 246 g/mol. The van der Waals surface area contributed by atoms with E-state index in [2.05, 4.69) is 45.0 Å². The van der Waals surface area contributed by atoms with Gasteiger partial charge in [0.2, 0.25) is 0 Å². The molecular formula is C18H23NO. The lowest BCUT2D eigenvalue weighted by Gasteiger charge is -2.16. The highest BCUT2D eigenvalue weighted by molar-refractivity contribution is 5.44. The molecule has 2 N–H and O–H groups in total. The number of hydrogen-bond acceptors (Lipinski definition) is 2. The summed E-state index contributed by atoms with van der Waals surface area (Å²) in [6.45, 7) is 6.87. The second kappa shape index (κ2) is 6.58. The molecule has 0 saturated heterocycles. The molecule has 2 aromatic carbocycles. The van der Waals surface area contributed by atoms with Gasteiger partial charge in [-0.2, -0.15) is 0 Å². The van der Waals surface area contributed by atoms with Gasteiger partial charge in [0.05, 0.1) is 0 Å². The van der Waals surface area contributed by atoms with E-state index in [1.54, 1.807) is 0 Å². The van der Waals surface area contributed by atoms with Crippen LogP contribution in [-0.2, 0) is 6.61 Å². The molecule has 0 unspecified atom stereocenters. The zero-order chi connectivity index (χ0) is 14.5. The Kier molecular flexibility index (Phi) is 4.80. The van der Waals surface area contributed by atoms with E-state index in [1.165, 1.54) is 11.1 Å². The van der Waals surface area contributed by atoms with Crippen LogP contribution in [0.25, 0.3) is 0 Å². The van der Waals surface area contributed by atoms with Gasteiger partial charge in [-0.15, -0.1) is 0 Å². The van der Waals surface area contributed by atoms with Gasteiger partial charge in [-0.05, 0) is 42.5 Å². The van der Waals surface area contributed by atoms with E-state index in [9.17, 15) is 0 Å². The molecule has 2 nitrogen and oxygen atoms in total. The first-order chi connectivity index (χ1) is 9.61. The van der Waals surface area contributed by atoms with Gasteiger partial charge in [-0.3, -0.25) is 0 Å². The first-order valence-electron chi connectivity index (χ1n) is 7.15. The van der Waals surface area contributed by atoms with Gasteiger partial charge >= 0.3 is 0 Å². The molecule has 0 aliphatic rings. The van der Waals surface area contributed by atoms with Crippen LogP contribution in [0.5, 0.6) is 5.75 Å². The summed E-state index contributed by atoms with van der Waals surface area (Å²) in [6.07, 6.45) is 0.948. The molecule has 2 heteroatoms. The van der Waals surface area contributed by atoms with Crippen LogP contribution >= 0.6 is 0 Å². The smallest absolute Gasteiger partial charge is 0.125 e. The van der Waals surface area contributed by atoms with Crippen molar-refractivity contribution in [3.63, 3.8) is 0 Å². The minimum Gasteiger partial charge on any atom is -0.488 e. The third-order valence-electron chi connectivity index (χ3n) is 3.58. The van der Waals surface area contributed by atoms with E-state index < -0.39 is 0 Å². The maximum absolute atomic E-state index is 6.11. The predicted molar refractivity (Wildman–Crippen MR) is 83.9 cm³/mol. The zero-order valence-corrected chi connectivity index (χ0v) is 12.5. The van der Waals surface area contributed by atoms with Gasteiger partial charge in [0.1, 0.15) is 12.4 Å². The summed E-state index contributed by atoms with van der Waals surface area (Å²) < 4.78 is 5.98. The SMILES string of the molecule is CC[C@@H](N)c1cc(C)c(OCc2ccccc2)c(C)c1. The number of nitrogens with two attached hydrogens (primary N) is 1. The van der Waals surface area contributed by atoms with Gasteiger partial charge in [-0.1, -0.05) is 49.4 Å². The molecule has 20 heavy (non-hydrogen) atoms. The van der Waals surface area contributed by atoms with Gasteiger partial charge in [0.15, 0.2) is 0 Å². The van der Waals surface area contributed by atoms with Crippen LogP contribution in [0.2, 0.25) is 0 Å². The van der Waals surface area contributed by atoms with Crippen molar-refractivity contribution in [1.82, 2.24) is 0 Å². The van der Waals surface area contributed by atoms with Crippen LogP contribution in [-0.4, -0.2) is 0 Å². The van der Waals surface area contributed by atoms with Crippen molar-refractivity contribution in [1.29, 1.82) is 0 Å². The zero-order valence-electron chi connectivity index (χ0n) is 12.5. The summed E-state index contributed by atoms with van der Waals surface area (Å²) in [5, 5.41) is 0. The highest BCUT2D eigenvalue weighted by Gasteiger charge is 2.10. The molecule has 2 rings (SSSR count). The lowest BCUT2D eigenvalue weighted by molar-refractivity contribution is 0.302. The maximum Gasteiger partial charge on any atom is 0.125 e. The van der Waals surface area contributed by atoms with E-state index in [4.69, 9.17) is 10.5 Å². The number of benzene rings is 2. The molecule has 2 aromatic rings. The van der Waals surface area contributed by atoms with Crippen LogP contribution in [0.3, 0.4) is 0 Å². The molecule has 0 aliphatic heterocycles. The van der Waals surface area contributed by atoms with Crippen molar-refractivity contribution in [2.45, 2.75) is 39.8 Å². The largest absolute Gasteiger partial charge is 0.488 e. The summed E-state index contributed by atoms with van der Waals surface area (Å²) in [6, 6.07) is 14.6. The topological polar surface area (TPSA) is 35.2 Å². The number of aryl methyl sites for hydroxylation is 2. The molecule has 0 aromatic heterocycles. The lowest BCUT2D eigenvalue weighted by Crippen LogP contribution is -2.10. The molecule has 0 bridgehead atoms. The molecule has 0 saturated carbocycles. The third-order valence-corrected chi connectivity index (χ3v) is 3.58. The Labute approximate surface area is 121 Å². The van der Waals surface area contributed by atoms with Crippen molar-refractivity contribution in [3.05, 3.63) is 64.7 Å². The summed E-state index contributed by atoms with van der Waals surface area (Å²) in [7, 11) is 0. The summed E-state index contributed by atoms with van der Waals surface area (Å²) in [5.74, 6) is 0.973. The van der Waals surface area contributed by atoms with Crippen LogP contribution < -0.4 is 10.5 Å². The molecule has 0 amide bonds. The monoisotopic (exact) mass is 269 g/mol. The standard InChI is InChI=1S/C18H23NO/c1-4-17(19)16-10-13(2)18(14(3)11-16)20-12-15-8-6-5-7-9-15/h5-11,17H,4,12,19H2,1-3H3/t17-/m1/s1. The number of ether oxygens (including phenoxy) is 1. The average molecular weight is 269 g/mol. The number of hydrogen-bond donors (Lipinski definition) is 1. The Morgan fingerprint density at radius 2 is 1.65 bits per heavy atom. The van der Waals surface area contributed by atoms with E-state index in [1.807, 2.05) is 18.2 Å². The molecule has 0 spiro atoms. The Morgan fingerprint density at radius 1 is 1.05 bits per heavy atom. The van der Waals surface area contributed by atoms with Crippen molar-refractivity contribution < 1.29 is 4.74 Å².